The highest BCUT2D eigenvalue weighted by Crippen LogP contribution is 2.70. The Kier molecular flexibility index (Phi) is 12.6. The minimum absolute atomic E-state index is 0.671. The molecule has 0 N–H and O–H groups in total. The molecule has 4 aliphatic carbocycles. The van der Waals surface area contributed by atoms with E-state index in [9.17, 15) is 0 Å². The molecule has 0 fully saturated rings. The molecule has 0 saturated carbocycles. The number of nitrogens with zero attached hydrogens (tertiary/aromatic N) is 4. The molecule has 21 aromatic rings. The average molecular weight is 1420 g/mol. The van der Waals surface area contributed by atoms with E-state index in [0.717, 1.165) is 82.9 Å². The van der Waals surface area contributed by atoms with Gasteiger partial charge in [-0.1, -0.05) is 346 Å². The van der Waals surface area contributed by atoms with Gasteiger partial charge in [-0.15, -0.1) is 0 Å². The van der Waals surface area contributed by atoms with Crippen LogP contribution in [0.1, 0.15) is 44.5 Å². The molecular formula is C108H62N4. The summed E-state index contributed by atoms with van der Waals surface area (Å²) in [5, 5.41) is 16.4. The van der Waals surface area contributed by atoms with Gasteiger partial charge in [0.1, 0.15) is 0 Å². The Bertz CT molecular complexity index is 7670. The monoisotopic (exact) mass is 1410 g/mol. The summed E-state index contributed by atoms with van der Waals surface area (Å²) in [6.07, 6.45) is 0. The first-order valence-corrected chi connectivity index (χ1v) is 38.8. The van der Waals surface area contributed by atoms with Crippen LogP contribution >= 0.6 is 0 Å². The molecule has 4 nitrogen and oxygen atoms in total. The summed E-state index contributed by atoms with van der Waals surface area (Å²) in [6, 6.07) is 140. The first kappa shape index (κ1) is 61.4. The first-order chi connectivity index (χ1) is 55.6. The van der Waals surface area contributed by atoms with Crippen molar-refractivity contribution in [2.75, 3.05) is 0 Å². The smallest absolute Gasteiger partial charge is 0.161 e. The molecule has 4 aliphatic rings. The van der Waals surface area contributed by atoms with E-state index in [-0.39, 0.29) is 0 Å². The molecular weight excluding hydrogens is 1350 g/mol. The Morgan fingerprint density at radius 2 is 0.500 bits per heavy atom. The van der Waals surface area contributed by atoms with E-state index in [0.29, 0.717) is 11.6 Å². The van der Waals surface area contributed by atoms with Crippen LogP contribution in [0, 0.1) is 0 Å². The Labute approximate surface area is 645 Å². The maximum atomic E-state index is 5.96. The van der Waals surface area contributed by atoms with Crippen molar-refractivity contribution >= 4 is 86.4 Å². The number of benzene rings is 19. The van der Waals surface area contributed by atoms with E-state index in [1.54, 1.807) is 0 Å². The summed E-state index contributed by atoms with van der Waals surface area (Å²) < 4.78 is 0. The summed E-state index contributed by atoms with van der Waals surface area (Å²) in [5.41, 5.74) is 31.0. The fourth-order valence-electron chi connectivity index (χ4n) is 21.1. The number of hydrogen-bond donors (Lipinski definition) is 0. The van der Waals surface area contributed by atoms with E-state index in [2.05, 4.69) is 376 Å². The molecule has 0 unspecified atom stereocenters. The molecule has 0 aliphatic heterocycles. The van der Waals surface area contributed by atoms with Gasteiger partial charge in [-0.2, -0.15) is 0 Å². The first-order valence-electron chi connectivity index (χ1n) is 38.8. The maximum Gasteiger partial charge on any atom is 0.161 e. The van der Waals surface area contributed by atoms with Gasteiger partial charge in [-0.25, -0.2) is 19.9 Å². The van der Waals surface area contributed by atoms with Crippen molar-refractivity contribution in [1.29, 1.82) is 0 Å². The third-order valence-electron chi connectivity index (χ3n) is 25.4. The zero-order valence-corrected chi connectivity index (χ0v) is 60.6. The Balaban J connectivity index is 0.712. The number of hydrogen-bond acceptors (Lipinski definition) is 4. The van der Waals surface area contributed by atoms with Crippen molar-refractivity contribution < 1.29 is 0 Å². The molecule has 2 spiro atoms. The average Bonchev–Trinajstić information content (AvgIpc) is 1.49. The molecule has 0 amide bonds. The van der Waals surface area contributed by atoms with Crippen molar-refractivity contribution in [2.45, 2.75) is 10.8 Å². The highest BCUT2D eigenvalue weighted by Gasteiger charge is 2.56. The standard InChI is InChI=1S/C108H62N4/c1-2-28-63(29-3-1)64-56-58-65(59-57-64)103-83-46-18-24-54-94(83)109-105(111-103)86-62-93-98(78-41-9-6-35-72(78)86)100-81-44-12-11-43-80(81)96-68(48-27-49-85(96)102(100)108(93)90-52-22-16-38-75(90)76-39-17-23-53-91(76)108)66-30-26-31-67(60-66)104-84-47-19-25-55-95(84)110-106(112-104)87-61-92-97(77-40-8-5-34-71(77)87)99-79-42-10-4-32-69(79)70-33-7-13-45-82(70)101(99)107(92)88-50-20-14-36-73(88)74-37-15-21-51-89(74)107/h1-62H. The molecule has 2 heterocycles. The second-order valence-electron chi connectivity index (χ2n) is 30.7. The zero-order chi connectivity index (χ0) is 73.1. The maximum absolute atomic E-state index is 5.96. The Morgan fingerprint density at radius 3 is 1.02 bits per heavy atom. The van der Waals surface area contributed by atoms with Crippen molar-refractivity contribution in [1.82, 2.24) is 19.9 Å². The van der Waals surface area contributed by atoms with Gasteiger partial charge in [0, 0.05) is 33.0 Å². The van der Waals surface area contributed by atoms with Gasteiger partial charge in [0.25, 0.3) is 0 Å². The van der Waals surface area contributed by atoms with Gasteiger partial charge < -0.3 is 0 Å². The van der Waals surface area contributed by atoms with Crippen molar-refractivity contribution in [3.8, 4) is 112 Å². The van der Waals surface area contributed by atoms with Crippen LogP contribution in [0.25, 0.3) is 198 Å². The molecule has 0 bridgehead atoms. The molecule has 0 atom stereocenters. The van der Waals surface area contributed by atoms with Crippen LogP contribution in [-0.2, 0) is 10.8 Å². The minimum Gasteiger partial charge on any atom is -0.228 e. The van der Waals surface area contributed by atoms with Crippen LogP contribution in [0.5, 0.6) is 0 Å². The number of para-hydroxylation sites is 2. The summed E-state index contributed by atoms with van der Waals surface area (Å²) in [7, 11) is 0. The Morgan fingerprint density at radius 1 is 0.170 bits per heavy atom. The van der Waals surface area contributed by atoms with Gasteiger partial charge in [0.15, 0.2) is 11.6 Å². The van der Waals surface area contributed by atoms with Crippen LogP contribution in [0.2, 0.25) is 0 Å². The van der Waals surface area contributed by atoms with Gasteiger partial charge in [0.2, 0.25) is 0 Å². The third-order valence-corrected chi connectivity index (χ3v) is 25.4. The fraction of sp³-hybridized carbons (Fsp3) is 0.0185. The van der Waals surface area contributed by atoms with Crippen LogP contribution in [0.3, 0.4) is 0 Å². The van der Waals surface area contributed by atoms with Gasteiger partial charge in [-0.3, -0.25) is 0 Å². The summed E-state index contributed by atoms with van der Waals surface area (Å²) >= 11 is 0. The SMILES string of the molecule is c1ccc(-c2ccc(-c3nc(-c4cc5c(c6ccccc46)-c4c(c6cccc(-c7cccc(-c8nc(-c9cc%10c(c%11ccccc9%11)-c9c(c%11ccccc%11c%11ccccc9%11)C%109c%10ccccc%10-c%10ccccc%109)nc9ccccc89)c7)c6c6ccccc46)C54c5ccccc5-c5ccccc54)nc4ccccc34)cc2)cc1. The number of aromatic nitrogens is 4. The topological polar surface area (TPSA) is 51.6 Å². The van der Waals surface area contributed by atoms with E-state index in [4.69, 9.17) is 19.9 Å². The quantitative estimate of drug-likeness (QED) is 0.156. The Hall–Kier alpha value is -14.6. The highest BCUT2D eigenvalue weighted by atomic mass is 14.9. The molecule has 514 valence electrons. The number of fused-ring (bicyclic) bond motifs is 36. The van der Waals surface area contributed by atoms with Crippen molar-refractivity contribution in [2.24, 2.45) is 0 Å². The summed E-state index contributed by atoms with van der Waals surface area (Å²) in [6.45, 7) is 0. The molecule has 2 aromatic heterocycles. The van der Waals surface area contributed by atoms with Crippen molar-refractivity contribution in [3.05, 3.63) is 421 Å². The summed E-state index contributed by atoms with van der Waals surface area (Å²) in [5.74, 6) is 1.37. The van der Waals surface area contributed by atoms with Gasteiger partial charge >= 0.3 is 0 Å². The second-order valence-corrected chi connectivity index (χ2v) is 30.7. The zero-order valence-electron chi connectivity index (χ0n) is 60.6. The number of rotatable bonds is 6. The molecule has 112 heavy (non-hydrogen) atoms. The van der Waals surface area contributed by atoms with Crippen LogP contribution in [-0.4, -0.2) is 19.9 Å². The molecule has 0 radical (unpaired) electrons. The molecule has 25 rings (SSSR count). The predicted octanol–water partition coefficient (Wildman–Crippen LogP) is 27.2. The van der Waals surface area contributed by atoms with Crippen LogP contribution < -0.4 is 0 Å². The molecule has 4 heteroatoms. The normalized spacial score (nSPS) is 13.5. The fourth-order valence-corrected chi connectivity index (χ4v) is 21.1. The van der Waals surface area contributed by atoms with Gasteiger partial charge in [-0.05, 0) is 206 Å². The lowest BCUT2D eigenvalue weighted by Crippen LogP contribution is -2.26. The van der Waals surface area contributed by atoms with Crippen LogP contribution in [0.15, 0.2) is 376 Å². The lowest BCUT2D eigenvalue weighted by molar-refractivity contribution is 0.802. The molecule has 0 saturated heterocycles. The lowest BCUT2D eigenvalue weighted by atomic mass is 9.68. The van der Waals surface area contributed by atoms with E-state index in [1.807, 2.05) is 0 Å². The van der Waals surface area contributed by atoms with E-state index < -0.39 is 10.8 Å². The largest absolute Gasteiger partial charge is 0.228 e. The highest BCUT2D eigenvalue weighted by molar-refractivity contribution is 6.28. The predicted molar refractivity (Wildman–Crippen MR) is 463 cm³/mol. The molecule has 19 aromatic carbocycles. The van der Waals surface area contributed by atoms with E-state index in [1.165, 1.54) is 148 Å². The van der Waals surface area contributed by atoms with Crippen LogP contribution in [0.4, 0.5) is 0 Å². The second kappa shape index (κ2) is 23.0. The van der Waals surface area contributed by atoms with E-state index >= 15 is 0 Å². The lowest BCUT2D eigenvalue weighted by Gasteiger charge is -2.32. The van der Waals surface area contributed by atoms with Gasteiger partial charge in [0.05, 0.1) is 33.3 Å². The third kappa shape index (κ3) is 8.08. The minimum atomic E-state index is -0.779. The summed E-state index contributed by atoms with van der Waals surface area (Å²) in [4.78, 5) is 23.0. The van der Waals surface area contributed by atoms with Crippen molar-refractivity contribution in [3.63, 3.8) is 0 Å².